The minimum absolute atomic E-state index is 0.0720. The summed E-state index contributed by atoms with van der Waals surface area (Å²) in [5, 5.41) is 14.1. The van der Waals surface area contributed by atoms with Gasteiger partial charge in [-0.05, 0) is 20.3 Å². The Kier molecular flexibility index (Phi) is 6.41. The Bertz CT molecular complexity index is 431. The van der Waals surface area contributed by atoms with Crippen molar-refractivity contribution in [2.45, 2.75) is 52.5 Å². The van der Waals surface area contributed by atoms with Crippen LogP contribution in [0.15, 0.2) is 0 Å². The van der Waals surface area contributed by atoms with Crippen LogP contribution >= 0.6 is 11.3 Å². The van der Waals surface area contributed by atoms with Crippen molar-refractivity contribution in [1.29, 1.82) is 0 Å². The fourth-order valence-electron chi connectivity index (χ4n) is 1.41. The zero-order valence-electron chi connectivity index (χ0n) is 11.5. The van der Waals surface area contributed by atoms with Gasteiger partial charge in [-0.2, -0.15) is 0 Å². The standard InChI is InChI=1S/C12H20N4O2S/c1-4-5-6-7-9-15-16-12(19-9)14-11(18)10(17)13-8(2)3/h8H,4-7H2,1-3H3,(H,13,17)(H,14,16,18). The van der Waals surface area contributed by atoms with Crippen LogP contribution in [0.1, 0.15) is 45.0 Å². The number of amides is 2. The molecule has 0 aliphatic heterocycles. The van der Waals surface area contributed by atoms with E-state index in [1.165, 1.54) is 11.3 Å². The van der Waals surface area contributed by atoms with Crippen molar-refractivity contribution in [3.63, 3.8) is 0 Å². The van der Waals surface area contributed by atoms with Gasteiger partial charge in [-0.25, -0.2) is 0 Å². The van der Waals surface area contributed by atoms with Crippen molar-refractivity contribution >= 4 is 28.3 Å². The lowest BCUT2D eigenvalue weighted by Crippen LogP contribution is -2.39. The molecule has 2 amide bonds. The molecule has 0 aliphatic rings. The number of anilines is 1. The SMILES string of the molecule is CCCCCc1nnc(NC(=O)C(=O)NC(C)C)s1. The number of nitrogens with one attached hydrogen (secondary N) is 2. The fourth-order valence-corrected chi connectivity index (χ4v) is 2.19. The van der Waals surface area contributed by atoms with Crippen molar-refractivity contribution in [3.05, 3.63) is 5.01 Å². The van der Waals surface area contributed by atoms with Crippen LogP contribution in [0.25, 0.3) is 0 Å². The molecule has 0 radical (unpaired) electrons. The highest BCUT2D eigenvalue weighted by atomic mass is 32.1. The fraction of sp³-hybridized carbons (Fsp3) is 0.667. The molecule has 0 saturated carbocycles. The van der Waals surface area contributed by atoms with Gasteiger partial charge in [-0.15, -0.1) is 10.2 Å². The molecule has 0 bridgehead atoms. The van der Waals surface area contributed by atoms with Gasteiger partial charge in [0.2, 0.25) is 5.13 Å². The van der Waals surface area contributed by atoms with Crippen LogP contribution in [0.2, 0.25) is 0 Å². The summed E-state index contributed by atoms with van der Waals surface area (Å²) in [6.07, 6.45) is 4.22. The lowest BCUT2D eigenvalue weighted by molar-refractivity contribution is -0.136. The Balaban J connectivity index is 2.44. The van der Waals surface area contributed by atoms with E-state index in [1.54, 1.807) is 13.8 Å². The summed E-state index contributed by atoms with van der Waals surface area (Å²) in [6.45, 7) is 5.73. The first-order valence-corrected chi connectivity index (χ1v) is 7.28. The lowest BCUT2D eigenvalue weighted by Gasteiger charge is -2.06. The van der Waals surface area contributed by atoms with Crippen LogP contribution in [0.4, 0.5) is 5.13 Å². The molecule has 0 fully saturated rings. The number of rotatable bonds is 6. The van der Waals surface area contributed by atoms with Gasteiger partial charge < -0.3 is 5.32 Å². The van der Waals surface area contributed by atoms with Crippen molar-refractivity contribution in [2.24, 2.45) is 0 Å². The average Bonchev–Trinajstić information content (AvgIpc) is 2.76. The second-order valence-electron chi connectivity index (χ2n) is 4.54. The predicted octanol–water partition coefficient (Wildman–Crippen LogP) is 1.73. The molecule has 0 aromatic carbocycles. The molecule has 0 atom stereocenters. The minimum Gasteiger partial charge on any atom is -0.346 e. The second-order valence-corrected chi connectivity index (χ2v) is 5.60. The quantitative estimate of drug-likeness (QED) is 0.615. The highest BCUT2D eigenvalue weighted by molar-refractivity contribution is 7.15. The zero-order chi connectivity index (χ0) is 14.3. The van der Waals surface area contributed by atoms with E-state index in [-0.39, 0.29) is 6.04 Å². The third kappa shape index (κ3) is 5.78. The molecule has 106 valence electrons. The first-order chi connectivity index (χ1) is 9.02. The number of hydrogen-bond acceptors (Lipinski definition) is 5. The molecule has 1 heterocycles. The van der Waals surface area contributed by atoms with Crippen LogP contribution < -0.4 is 10.6 Å². The van der Waals surface area contributed by atoms with Gasteiger partial charge in [0.1, 0.15) is 5.01 Å². The minimum atomic E-state index is -0.704. The van der Waals surface area contributed by atoms with Gasteiger partial charge in [0.15, 0.2) is 0 Å². The highest BCUT2D eigenvalue weighted by Crippen LogP contribution is 2.17. The molecule has 0 unspecified atom stereocenters. The van der Waals surface area contributed by atoms with Gasteiger partial charge in [0.25, 0.3) is 0 Å². The zero-order valence-corrected chi connectivity index (χ0v) is 12.3. The highest BCUT2D eigenvalue weighted by Gasteiger charge is 2.16. The topological polar surface area (TPSA) is 84.0 Å². The maximum Gasteiger partial charge on any atom is 0.315 e. The van der Waals surface area contributed by atoms with E-state index in [2.05, 4.69) is 27.8 Å². The summed E-state index contributed by atoms with van der Waals surface area (Å²) in [6, 6.07) is -0.0720. The van der Waals surface area contributed by atoms with E-state index >= 15 is 0 Å². The van der Waals surface area contributed by atoms with Crippen LogP contribution in [0.5, 0.6) is 0 Å². The summed E-state index contributed by atoms with van der Waals surface area (Å²) in [4.78, 5) is 22.9. The molecule has 1 aromatic rings. The lowest BCUT2D eigenvalue weighted by atomic mass is 10.2. The van der Waals surface area contributed by atoms with Crippen LogP contribution in [-0.2, 0) is 16.0 Å². The van der Waals surface area contributed by atoms with Crippen molar-refractivity contribution in [3.8, 4) is 0 Å². The third-order valence-electron chi connectivity index (χ3n) is 2.31. The van der Waals surface area contributed by atoms with E-state index in [0.29, 0.717) is 5.13 Å². The number of carbonyl (C=O) groups is 2. The second kappa shape index (κ2) is 7.83. The largest absolute Gasteiger partial charge is 0.346 e. The maximum absolute atomic E-state index is 11.5. The summed E-state index contributed by atoms with van der Waals surface area (Å²) >= 11 is 1.31. The van der Waals surface area contributed by atoms with E-state index in [0.717, 1.165) is 30.7 Å². The smallest absolute Gasteiger partial charge is 0.315 e. The van der Waals surface area contributed by atoms with Gasteiger partial charge in [-0.1, -0.05) is 31.1 Å². The average molecular weight is 284 g/mol. The Labute approximate surface area is 117 Å². The number of aryl methyl sites for hydroxylation is 1. The van der Waals surface area contributed by atoms with E-state index < -0.39 is 11.8 Å². The molecule has 0 aliphatic carbocycles. The Morgan fingerprint density at radius 2 is 1.95 bits per heavy atom. The van der Waals surface area contributed by atoms with Gasteiger partial charge in [-0.3, -0.25) is 14.9 Å². The Morgan fingerprint density at radius 1 is 1.21 bits per heavy atom. The molecule has 0 saturated heterocycles. The van der Waals surface area contributed by atoms with Crippen molar-refractivity contribution < 1.29 is 9.59 Å². The molecule has 7 heteroatoms. The molecule has 0 spiro atoms. The summed E-state index contributed by atoms with van der Waals surface area (Å²) in [7, 11) is 0. The number of nitrogens with zero attached hydrogens (tertiary/aromatic N) is 2. The van der Waals surface area contributed by atoms with Gasteiger partial charge >= 0.3 is 11.8 Å². The summed E-state index contributed by atoms with van der Waals surface area (Å²) < 4.78 is 0. The van der Waals surface area contributed by atoms with Crippen LogP contribution in [0, 0.1) is 0 Å². The number of carbonyl (C=O) groups excluding carboxylic acids is 2. The summed E-state index contributed by atoms with van der Waals surface area (Å²) in [5.74, 6) is -1.36. The van der Waals surface area contributed by atoms with Crippen molar-refractivity contribution in [1.82, 2.24) is 15.5 Å². The van der Waals surface area contributed by atoms with E-state index in [4.69, 9.17) is 0 Å². The number of aromatic nitrogens is 2. The molecule has 6 nitrogen and oxygen atoms in total. The molecular formula is C12H20N4O2S. The Hall–Kier alpha value is -1.50. The molecule has 19 heavy (non-hydrogen) atoms. The first kappa shape index (κ1) is 15.6. The predicted molar refractivity (Wildman–Crippen MR) is 75.0 cm³/mol. The molecule has 2 N–H and O–H groups in total. The van der Waals surface area contributed by atoms with E-state index in [1.807, 2.05) is 0 Å². The van der Waals surface area contributed by atoms with Crippen LogP contribution in [-0.4, -0.2) is 28.1 Å². The van der Waals surface area contributed by atoms with Crippen molar-refractivity contribution in [2.75, 3.05) is 5.32 Å². The molecular weight excluding hydrogens is 264 g/mol. The third-order valence-corrected chi connectivity index (χ3v) is 3.21. The Morgan fingerprint density at radius 3 is 2.58 bits per heavy atom. The molecule has 1 aromatic heterocycles. The number of unbranched alkanes of at least 4 members (excludes halogenated alkanes) is 2. The maximum atomic E-state index is 11.5. The monoisotopic (exact) mass is 284 g/mol. The molecule has 1 rings (SSSR count). The first-order valence-electron chi connectivity index (χ1n) is 6.47. The number of hydrogen-bond donors (Lipinski definition) is 2. The van der Waals surface area contributed by atoms with Crippen LogP contribution in [0.3, 0.4) is 0 Å². The normalized spacial score (nSPS) is 10.5. The summed E-state index contributed by atoms with van der Waals surface area (Å²) in [5.41, 5.74) is 0. The van der Waals surface area contributed by atoms with Gasteiger partial charge in [0, 0.05) is 12.5 Å². The van der Waals surface area contributed by atoms with Gasteiger partial charge in [0.05, 0.1) is 0 Å². The van der Waals surface area contributed by atoms with E-state index in [9.17, 15) is 9.59 Å².